The first-order chi connectivity index (χ1) is 10.2. The topological polar surface area (TPSA) is 58.5 Å². The predicted molar refractivity (Wildman–Crippen MR) is 103 cm³/mol. The van der Waals surface area contributed by atoms with Crippen LogP contribution in [0.15, 0.2) is 29.4 Å². The van der Waals surface area contributed by atoms with Crippen LogP contribution >= 0.6 is 24.0 Å². The molecular formula is C16H29IN4O. The highest BCUT2D eigenvalue weighted by atomic mass is 127. The van der Waals surface area contributed by atoms with E-state index >= 15 is 0 Å². The van der Waals surface area contributed by atoms with Crippen molar-refractivity contribution in [3.8, 4) is 0 Å². The molecule has 0 unspecified atom stereocenters. The minimum Gasteiger partial charge on any atom is -0.380 e. The number of aliphatic imine (C=N–C) groups is 1. The molecule has 126 valence electrons. The van der Waals surface area contributed by atoms with Gasteiger partial charge >= 0.3 is 0 Å². The van der Waals surface area contributed by atoms with Crippen molar-refractivity contribution in [1.82, 2.24) is 15.6 Å². The lowest BCUT2D eigenvalue weighted by atomic mass is 10.1. The molecule has 22 heavy (non-hydrogen) atoms. The fourth-order valence-corrected chi connectivity index (χ4v) is 1.66. The fourth-order valence-electron chi connectivity index (χ4n) is 1.66. The molecule has 6 heteroatoms. The van der Waals surface area contributed by atoms with Crippen molar-refractivity contribution < 1.29 is 4.74 Å². The summed E-state index contributed by atoms with van der Waals surface area (Å²) in [6.45, 7) is 10.1. The van der Waals surface area contributed by atoms with Gasteiger partial charge in [0, 0.05) is 25.9 Å². The maximum atomic E-state index is 5.58. The van der Waals surface area contributed by atoms with Gasteiger partial charge in [-0.05, 0) is 31.4 Å². The van der Waals surface area contributed by atoms with Crippen LogP contribution in [0.2, 0.25) is 0 Å². The standard InChI is InChI=1S/C16H28N4O.HI/c1-4-17-16(19-10-12-21-11-8-14(2)3)20-13-15-7-5-6-9-18-15;/h5-7,9,14H,4,8,10-13H2,1-3H3,(H2,17,19,20);1H. The lowest BCUT2D eigenvalue weighted by Gasteiger charge is -2.12. The van der Waals surface area contributed by atoms with Gasteiger partial charge in [-0.2, -0.15) is 0 Å². The van der Waals surface area contributed by atoms with Crippen molar-refractivity contribution >= 4 is 29.9 Å². The van der Waals surface area contributed by atoms with Gasteiger partial charge in [0.2, 0.25) is 0 Å². The van der Waals surface area contributed by atoms with Gasteiger partial charge in [-0.3, -0.25) is 4.98 Å². The van der Waals surface area contributed by atoms with Crippen molar-refractivity contribution in [3.05, 3.63) is 30.1 Å². The van der Waals surface area contributed by atoms with E-state index < -0.39 is 0 Å². The molecule has 0 amide bonds. The quantitative estimate of drug-likeness (QED) is 0.279. The fraction of sp³-hybridized carbons (Fsp3) is 0.625. The molecule has 5 nitrogen and oxygen atoms in total. The van der Waals surface area contributed by atoms with Gasteiger partial charge in [-0.15, -0.1) is 24.0 Å². The van der Waals surface area contributed by atoms with E-state index in [1.54, 1.807) is 6.20 Å². The Balaban J connectivity index is 0.00000441. The summed E-state index contributed by atoms with van der Waals surface area (Å²) in [5.41, 5.74) is 0.961. The summed E-state index contributed by atoms with van der Waals surface area (Å²) in [6.07, 6.45) is 2.89. The first-order valence-electron chi connectivity index (χ1n) is 7.72. The summed E-state index contributed by atoms with van der Waals surface area (Å²) in [5, 5.41) is 6.48. The van der Waals surface area contributed by atoms with Crippen LogP contribution < -0.4 is 10.6 Å². The smallest absolute Gasteiger partial charge is 0.191 e. The summed E-state index contributed by atoms with van der Waals surface area (Å²) in [4.78, 5) is 8.77. The van der Waals surface area contributed by atoms with Crippen molar-refractivity contribution in [2.75, 3.05) is 26.3 Å². The number of rotatable bonds is 9. The lowest BCUT2D eigenvalue weighted by molar-refractivity contribution is 0.128. The normalized spacial score (nSPS) is 11.2. The molecule has 0 aliphatic carbocycles. The Hall–Kier alpha value is -0.890. The number of halogens is 1. The van der Waals surface area contributed by atoms with E-state index in [1.807, 2.05) is 18.2 Å². The monoisotopic (exact) mass is 420 g/mol. The van der Waals surface area contributed by atoms with Crippen molar-refractivity contribution in [1.29, 1.82) is 0 Å². The zero-order valence-corrected chi connectivity index (χ0v) is 16.2. The van der Waals surface area contributed by atoms with E-state index in [4.69, 9.17) is 4.74 Å². The highest BCUT2D eigenvalue weighted by molar-refractivity contribution is 14.0. The van der Waals surface area contributed by atoms with E-state index in [1.165, 1.54) is 0 Å². The van der Waals surface area contributed by atoms with Crippen LogP contribution in [0.4, 0.5) is 0 Å². The summed E-state index contributed by atoms with van der Waals surface area (Å²) in [5.74, 6) is 1.49. The lowest BCUT2D eigenvalue weighted by Crippen LogP contribution is -2.39. The predicted octanol–water partition coefficient (Wildman–Crippen LogP) is 2.82. The van der Waals surface area contributed by atoms with Gasteiger partial charge in [0.1, 0.15) is 0 Å². The van der Waals surface area contributed by atoms with E-state index in [0.717, 1.165) is 37.8 Å². The molecule has 1 aromatic heterocycles. The number of pyridine rings is 1. The van der Waals surface area contributed by atoms with Crippen molar-refractivity contribution in [2.45, 2.75) is 33.7 Å². The Morgan fingerprint density at radius 1 is 1.27 bits per heavy atom. The third-order valence-corrected chi connectivity index (χ3v) is 2.85. The van der Waals surface area contributed by atoms with Crippen LogP contribution in [0.3, 0.4) is 0 Å². The Bertz CT molecular complexity index is 398. The second-order valence-corrected chi connectivity index (χ2v) is 5.24. The van der Waals surface area contributed by atoms with Crippen molar-refractivity contribution in [3.63, 3.8) is 0 Å². The van der Waals surface area contributed by atoms with E-state index in [2.05, 4.69) is 41.4 Å². The van der Waals surface area contributed by atoms with Gasteiger partial charge in [-0.25, -0.2) is 4.99 Å². The van der Waals surface area contributed by atoms with E-state index in [9.17, 15) is 0 Å². The molecule has 1 heterocycles. The SMILES string of the molecule is CCNC(=NCc1ccccn1)NCCOCCC(C)C.I. The molecule has 2 N–H and O–H groups in total. The molecule has 1 aromatic rings. The summed E-state index contributed by atoms with van der Waals surface area (Å²) < 4.78 is 5.58. The third kappa shape index (κ3) is 10.8. The highest BCUT2D eigenvalue weighted by Crippen LogP contribution is 1.98. The van der Waals surface area contributed by atoms with Crippen LogP contribution in [-0.2, 0) is 11.3 Å². The van der Waals surface area contributed by atoms with Crippen LogP contribution in [0, 0.1) is 5.92 Å². The highest BCUT2D eigenvalue weighted by Gasteiger charge is 1.98. The number of aromatic nitrogens is 1. The van der Waals surface area contributed by atoms with Crippen LogP contribution in [0.1, 0.15) is 32.9 Å². The van der Waals surface area contributed by atoms with E-state index in [-0.39, 0.29) is 24.0 Å². The maximum Gasteiger partial charge on any atom is 0.191 e. The maximum absolute atomic E-state index is 5.58. The van der Waals surface area contributed by atoms with Crippen LogP contribution in [0.25, 0.3) is 0 Å². The second kappa shape index (κ2) is 13.8. The first kappa shape index (κ1) is 21.1. The van der Waals surface area contributed by atoms with Crippen molar-refractivity contribution in [2.24, 2.45) is 10.9 Å². The summed E-state index contributed by atoms with van der Waals surface area (Å²) >= 11 is 0. The Morgan fingerprint density at radius 3 is 2.73 bits per heavy atom. The number of hydrogen-bond donors (Lipinski definition) is 2. The van der Waals surface area contributed by atoms with Gasteiger partial charge in [0.05, 0.1) is 18.8 Å². The van der Waals surface area contributed by atoms with Crippen LogP contribution in [0.5, 0.6) is 0 Å². The third-order valence-electron chi connectivity index (χ3n) is 2.85. The van der Waals surface area contributed by atoms with Gasteiger partial charge in [0.25, 0.3) is 0 Å². The second-order valence-electron chi connectivity index (χ2n) is 5.24. The number of ether oxygens (including phenoxy) is 1. The molecule has 0 saturated carbocycles. The number of nitrogens with one attached hydrogen (secondary N) is 2. The molecule has 0 aliphatic rings. The molecule has 0 bridgehead atoms. The Morgan fingerprint density at radius 2 is 2.09 bits per heavy atom. The number of guanidine groups is 1. The summed E-state index contributed by atoms with van der Waals surface area (Å²) in [6, 6.07) is 5.86. The zero-order valence-electron chi connectivity index (χ0n) is 13.8. The average molecular weight is 420 g/mol. The summed E-state index contributed by atoms with van der Waals surface area (Å²) in [7, 11) is 0. The average Bonchev–Trinajstić information content (AvgIpc) is 2.49. The first-order valence-corrected chi connectivity index (χ1v) is 7.72. The molecule has 0 spiro atoms. The zero-order chi connectivity index (χ0) is 15.3. The molecular weight excluding hydrogens is 391 g/mol. The molecule has 1 rings (SSSR count). The largest absolute Gasteiger partial charge is 0.380 e. The van der Waals surface area contributed by atoms with Crippen LogP contribution in [-0.4, -0.2) is 37.2 Å². The number of nitrogens with zero attached hydrogens (tertiary/aromatic N) is 2. The molecule has 0 fully saturated rings. The number of hydrogen-bond acceptors (Lipinski definition) is 3. The molecule has 0 saturated heterocycles. The minimum absolute atomic E-state index is 0. The molecule has 0 aromatic carbocycles. The van der Waals surface area contributed by atoms with Gasteiger partial charge < -0.3 is 15.4 Å². The molecule has 0 atom stereocenters. The molecule has 0 aliphatic heterocycles. The van der Waals surface area contributed by atoms with Gasteiger partial charge in [-0.1, -0.05) is 19.9 Å². The Kier molecular flexibility index (Phi) is 13.2. The van der Waals surface area contributed by atoms with Gasteiger partial charge in [0.15, 0.2) is 5.96 Å². The van der Waals surface area contributed by atoms with E-state index in [0.29, 0.717) is 19.1 Å². The molecule has 0 radical (unpaired) electrons. The Labute approximate surface area is 151 Å². The minimum atomic E-state index is 0.